The average molecular weight is 271 g/mol. The molecule has 0 saturated heterocycles. The third-order valence-corrected chi connectivity index (χ3v) is 3.74. The second-order valence-electron chi connectivity index (χ2n) is 6.59. The molecule has 1 aromatic heterocycles. The molecule has 0 radical (unpaired) electrons. The number of aryl methyl sites for hydroxylation is 3. The van der Waals surface area contributed by atoms with Crippen molar-refractivity contribution in [1.29, 1.82) is 0 Å². The van der Waals surface area contributed by atoms with Gasteiger partial charge in [-0.2, -0.15) is 0 Å². The summed E-state index contributed by atoms with van der Waals surface area (Å²) in [5.74, 6) is 0.916. The van der Waals surface area contributed by atoms with Crippen LogP contribution in [0.2, 0.25) is 0 Å². The van der Waals surface area contributed by atoms with Crippen LogP contribution in [0.25, 0.3) is 11.3 Å². The first-order valence-electron chi connectivity index (χ1n) is 7.11. The molecule has 0 fully saturated rings. The molecular formula is C17H25N3. The summed E-state index contributed by atoms with van der Waals surface area (Å²) < 4.78 is 0. The molecule has 1 heterocycles. The summed E-state index contributed by atoms with van der Waals surface area (Å²) in [6.07, 6.45) is 0. The van der Waals surface area contributed by atoms with E-state index in [2.05, 4.69) is 56.7 Å². The van der Waals surface area contributed by atoms with Gasteiger partial charge in [0.05, 0.1) is 11.4 Å². The smallest absolute Gasteiger partial charge is 0.103 e. The van der Waals surface area contributed by atoms with E-state index in [4.69, 9.17) is 5.73 Å². The number of nitrogens with two attached hydrogens (primary N) is 1. The molecule has 0 aliphatic rings. The van der Waals surface area contributed by atoms with Gasteiger partial charge in [-0.3, -0.25) is 0 Å². The zero-order valence-corrected chi connectivity index (χ0v) is 13.4. The second-order valence-corrected chi connectivity index (χ2v) is 6.59. The zero-order chi connectivity index (χ0) is 15.1. The molecule has 2 aromatic rings. The highest BCUT2D eigenvalue weighted by atomic mass is 14.9. The Bertz CT molecular complexity index is 607. The van der Waals surface area contributed by atoms with Gasteiger partial charge in [-0.25, -0.2) is 4.98 Å². The Kier molecular flexibility index (Phi) is 3.74. The third kappa shape index (κ3) is 2.63. The van der Waals surface area contributed by atoms with Crippen molar-refractivity contribution in [2.24, 2.45) is 5.73 Å². The fraction of sp³-hybridized carbons (Fsp3) is 0.471. The monoisotopic (exact) mass is 271 g/mol. The molecule has 0 bridgehead atoms. The summed E-state index contributed by atoms with van der Waals surface area (Å²) in [6.45, 7) is 13.5. The van der Waals surface area contributed by atoms with Crippen LogP contribution in [-0.4, -0.2) is 9.97 Å². The maximum absolute atomic E-state index is 5.83. The van der Waals surface area contributed by atoms with E-state index in [0.29, 0.717) is 6.54 Å². The van der Waals surface area contributed by atoms with Gasteiger partial charge in [-0.05, 0) is 42.9 Å². The number of aromatic nitrogens is 2. The van der Waals surface area contributed by atoms with E-state index in [-0.39, 0.29) is 5.41 Å². The number of nitrogens with zero attached hydrogens (tertiary/aromatic N) is 1. The summed E-state index contributed by atoms with van der Waals surface area (Å²) in [4.78, 5) is 7.89. The molecule has 0 atom stereocenters. The molecule has 0 amide bonds. The molecule has 3 nitrogen and oxygen atoms in total. The highest BCUT2D eigenvalue weighted by molar-refractivity contribution is 5.70. The minimum absolute atomic E-state index is 0.159. The molecule has 3 N–H and O–H groups in total. The van der Waals surface area contributed by atoms with Crippen molar-refractivity contribution < 1.29 is 0 Å². The SMILES string of the molecule is Cc1nc(-c2c(C)cc(C(C)(C)C)cc2C)c(CN)[nH]1. The third-order valence-electron chi connectivity index (χ3n) is 3.74. The van der Waals surface area contributed by atoms with Crippen molar-refractivity contribution in [2.75, 3.05) is 0 Å². The minimum atomic E-state index is 0.159. The highest BCUT2D eigenvalue weighted by Crippen LogP contribution is 2.33. The first-order chi connectivity index (χ1) is 9.24. The van der Waals surface area contributed by atoms with Gasteiger partial charge in [0.1, 0.15) is 5.82 Å². The van der Waals surface area contributed by atoms with Gasteiger partial charge in [0.2, 0.25) is 0 Å². The van der Waals surface area contributed by atoms with Crippen molar-refractivity contribution >= 4 is 0 Å². The number of rotatable bonds is 2. The molecular weight excluding hydrogens is 246 g/mol. The molecule has 1 aromatic carbocycles. The fourth-order valence-electron chi connectivity index (χ4n) is 2.67. The van der Waals surface area contributed by atoms with Crippen molar-refractivity contribution in [3.05, 3.63) is 40.3 Å². The predicted molar refractivity (Wildman–Crippen MR) is 84.8 cm³/mol. The first-order valence-corrected chi connectivity index (χ1v) is 7.11. The lowest BCUT2D eigenvalue weighted by molar-refractivity contribution is 0.589. The normalized spacial score (nSPS) is 11.9. The van der Waals surface area contributed by atoms with Crippen LogP contribution in [0.5, 0.6) is 0 Å². The summed E-state index contributed by atoms with van der Waals surface area (Å²) in [5.41, 5.74) is 13.1. The number of H-pyrrole nitrogens is 1. The number of hydrogen-bond donors (Lipinski definition) is 2. The van der Waals surface area contributed by atoms with Crippen LogP contribution in [0, 0.1) is 20.8 Å². The Labute approximate surface area is 121 Å². The van der Waals surface area contributed by atoms with Crippen molar-refractivity contribution in [2.45, 2.75) is 53.5 Å². The lowest BCUT2D eigenvalue weighted by Crippen LogP contribution is -2.12. The summed E-state index contributed by atoms with van der Waals surface area (Å²) in [5, 5.41) is 0. The van der Waals surface area contributed by atoms with Gasteiger partial charge < -0.3 is 10.7 Å². The van der Waals surface area contributed by atoms with Gasteiger partial charge in [0.25, 0.3) is 0 Å². The van der Waals surface area contributed by atoms with Crippen LogP contribution >= 0.6 is 0 Å². The highest BCUT2D eigenvalue weighted by Gasteiger charge is 2.19. The fourth-order valence-corrected chi connectivity index (χ4v) is 2.67. The average Bonchev–Trinajstić information content (AvgIpc) is 2.68. The second kappa shape index (κ2) is 5.06. The van der Waals surface area contributed by atoms with Crippen molar-refractivity contribution in [3.63, 3.8) is 0 Å². The molecule has 2 rings (SSSR count). The van der Waals surface area contributed by atoms with Crippen LogP contribution in [0.15, 0.2) is 12.1 Å². The molecule has 20 heavy (non-hydrogen) atoms. The molecule has 0 aliphatic heterocycles. The van der Waals surface area contributed by atoms with Gasteiger partial charge in [0.15, 0.2) is 0 Å². The zero-order valence-electron chi connectivity index (χ0n) is 13.4. The number of aromatic amines is 1. The summed E-state index contributed by atoms with van der Waals surface area (Å²) in [6, 6.07) is 4.54. The number of nitrogens with one attached hydrogen (secondary N) is 1. The number of benzene rings is 1. The Balaban J connectivity index is 2.64. The van der Waals surface area contributed by atoms with Crippen LogP contribution in [-0.2, 0) is 12.0 Å². The van der Waals surface area contributed by atoms with E-state index in [1.807, 2.05) is 6.92 Å². The van der Waals surface area contributed by atoms with E-state index < -0.39 is 0 Å². The van der Waals surface area contributed by atoms with E-state index in [0.717, 1.165) is 17.2 Å². The Hall–Kier alpha value is -1.61. The standard InChI is InChI=1S/C17H25N3/c1-10-7-13(17(4,5)6)8-11(2)15(10)16-14(9-18)19-12(3)20-16/h7-8H,9,18H2,1-6H3,(H,19,20). The van der Waals surface area contributed by atoms with E-state index in [9.17, 15) is 0 Å². The van der Waals surface area contributed by atoms with Crippen molar-refractivity contribution in [3.8, 4) is 11.3 Å². The largest absolute Gasteiger partial charge is 0.345 e. The van der Waals surface area contributed by atoms with Gasteiger partial charge in [-0.15, -0.1) is 0 Å². The molecule has 0 spiro atoms. The maximum atomic E-state index is 5.83. The topological polar surface area (TPSA) is 54.7 Å². The molecule has 108 valence electrons. The molecule has 0 aliphatic carbocycles. The lowest BCUT2D eigenvalue weighted by atomic mass is 9.83. The summed E-state index contributed by atoms with van der Waals surface area (Å²) >= 11 is 0. The predicted octanol–water partition coefficient (Wildman–Crippen LogP) is 3.76. The van der Waals surface area contributed by atoms with Crippen LogP contribution < -0.4 is 5.73 Å². The van der Waals surface area contributed by atoms with Crippen LogP contribution in [0.3, 0.4) is 0 Å². The van der Waals surface area contributed by atoms with Crippen molar-refractivity contribution in [1.82, 2.24) is 9.97 Å². The van der Waals surface area contributed by atoms with Gasteiger partial charge >= 0.3 is 0 Å². The van der Waals surface area contributed by atoms with E-state index >= 15 is 0 Å². The van der Waals surface area contributed by atoms with Gasteiger partial charge in [-0.1, -0.05) is 32.9 Å². The lowest BCUT2D eigenvalue weighted by Gasteiger charge is -2.22. The Morgan fingerprint density at radius 2 is 1.65 bits per heavy atom. The quantitative estimate of drug-likeness (QED) is 0.873. The minimum Gasteiger partial charge on any atom is -0.345 e. The maximum Gasteiger partial charge on any atom is 0.103 e. The van der Waals surface area contributed by atoms with E-state index in [1.54, 1.807) is 0 Å². The Morgan fingerprint density at radius 3 is 2.10 bits per heavy atom. The first kappa shape index (κ1) is 14.8. The molecule has 3 heteroatoms. The number of hydrogen-bond acceptors (Lipinski definition) is 2. The molecule has 0 unspecified atom stereocenters. The van der Waals surface area contributed by atoms with Gasteiger partial charge in [0, 0.05) is 12.1 Å². The van der Waals surface area contributed by atoms with Crippen LogP contribution in [0.4, 0.5) is 0 Å². The Morgan fingerprint density at radius 1 is 1.10 bits per heavy atom. The van der Waals surface area contributed by atoms with Crippen LogP contribution in [0.1, 0.15) is 49.0 Å². The summed E-state index contributed by atoms with van der Waals surface area (Å²) in [7, 11) is 0. The number of imidazole rings is 1. The van der Waals surface area contributed by atoms with E-state index in [1.165, 1.54) is 22.3 Å². The molecule has 0 saturated carbocycles.